The predicted octanol–water partition coefficient (Wildman–Crippen LogP) is 1.31. The minimum absolute atomic E-state index is 0.199. The van der Waals surface area contributed by atoms with Gasteiger partial charge in [0, 0.05) is 25.6 Å². The number of carbonyl (C=O) groups is 1. The van der Waals surface area contributed by atoms with E-state index < -0.39 is 0 Å². The van der Waals surface area contributed by atoms with E-state index in [0.29, 0.717) is 18.4 Å². The molecule has 100 valence electrons. The summed E-state index contributed by atoms with van der Waals surface area (Å²) in [5.41, 5.74) is 0. The highest BCUT2D eigenvalue weighted by Gasteiger charge is 2.22. The number of ether oxygens (including phenoxy) is 1. The number of amides is 1. The topological polar surface area (TPSA) is 50.4 Å². The van der Waals surface area contributed by atoms with Crippen LogP contribution in [0.25, 0.3) is 0 Å². The minimum atomic E-state index is 0.199. The Morgan fingerprint density at radius 3 is 2.76 bits per heavy atom. The largest absolute Gasteiger partial charge is 0.380 e. The molecule has 0 heterocycles. The summed E-state index contributed by atoms with van der Waals surface area (Å²) in [5, 5.41) is 6.26. The lowest BCUT2D eigenvalue weighted by Gasteiger charge is -2.08. The maximum atomic E-state index is 11.3. The number of hydrogen-bond acceptors (Lipinski definition) is 3. The highest BCUT2D eigenvalue weighted by Crippen LogP contribution is 2.18. The van der Waals surface area contributed by atoms with Gasteiger partial charge in [-0.3, -0.25) is 4.79 Å². The molecule has 4 nitrogen and oxygen atoms in total. The van der Waals surface area contributed by atoms with E-state index in [1.165, 1.54) is 0 Å². The molecule has 1 aliphatic carbocycles. The van der Waals surface area contributed by atoms with E-state index >= 15 is 0 Å². The molecule has 1 amide bonds. The molecule has 4 heteroatoms. The molecule has 0 aromatic carbocycles. The van der Waals surface area contributed by atoms with E-state index in [2.05, 4.69) is 24.5 Å². The lowest BCUT2D eigenvalue weighted by molar-refractivity contribution is -0.121. The van der Waals surface area contributed by atoms with E-state index in [4.69, 9.17) is 4.74 Å². The molecule has 0 aromatic rings. The first-order valence-electron chi connectivity index (χ1n) is 6.76. The molecular weight excluding hydrogens is 216 g/mol. The van der Waals surface area contributed by atoms with Gasteiger partial charge in [0.25, 0.3) is 0 Å². The van der Waals surface area contributed by atoms with E-state index in [1.54, 1.807) is 0 Å². The second-order valence-electron chi connectivity index (χ2n) is 5.16. The second-order valence-corrected chi connectivity index (χ2v) is 5.16. The van der Waals surface area contributed by atoms with Gasteiger partial charge in [-0.2, -0.15) is 0 Å². The van der Waals surface area contributed by atoms with Crippen molar-refractivity contribution in [2.45, 2.75) is 45.6 Å². The molecular formula is C13H26N2O2. The Balaban J connectivity index is 1.76. The summed E-state index contributed by atoms with van der Waals surface area (Å²) >= 11 is 0. The first-order chi connectivity index (χ1) is 8.18. The fraction of sp³-hybridized carbons (Fsp3) is 0.923. The first-order valence-corrected chi connectivity index (χ1v) is 6.76. The number of nitrogens with one attached hydrogen (secondary N) is 2. The van der Waals surface area contributed by atoms with E-state index in [-0.39, 0.29) is 5.91 Å². The summed E-state index contributed by atoms with van der Waals surface area (Å²) in [7, 11) is 0. The van der Waals surface area contributed by atoms with Crippen LogP contribution in [0.15, 0.2) is 0 Å². The molecule has 1 aliphatic rings. The van der Waals surface area contributed by atoms with Crippen molar-refractivity contribution in [1.29, 1.82) is 0 Å². The van der Waals surface area contributed by atoms with Crippen LogP contribution < -0.4 is 10.6 Å². The van der Waals surface area contributed by atoms with Crippen LogP contribution in [0.5, 0.6) is 0 Å². The lowest BCUT2D eigenvalue weighted by atomic mass is 10.2. The van der Waals surface area contributed by atoms with Crippen molar-refractivity contribution in [2.24, 2.45) is 5.92 Å². The van der Waals surface area contributed by atoms with Crippen LogP contribution in [0.2, 0.25) is 0 Å². The predicted molar refractivity (Wildman–Crippen MR) is 68.9 cm³/mol. The van der Waals surface area contributed by atoms with Crippen molar-refractivity contribution in [2.75, 3.05) is 26.3 Å². The summed E-state index contributed by atoms with van der Waals surface area (Å²) in [6.45, 7) is 7.63. The lowest BCUT2D eigenvalue weighted by Crippen LogP contribution is -2.27. The molecule has 0 unspecified atom stereocenters. The third-order valence-electron chi connectivity index (χ3n) is 2.57. The average molecular weight is 242 g/mol. The Morgan fingerprint density at radius 1 is 1.35 bits per heavy atom. The molecule has 0 aliphatic heterocycles. The zero-order chi connectivity index (χ0) is 12.5. The zero-order valence-electron chi connectivity index (χ0n) is 11.1. The molecule has 2 N–H and O–H groups in total. The molecule has 0 atom stereocenters. The molecule has 0 radical (unpaired) electrons. The van der Waals surface area contributed by atoms with Crippen LogP contribution in [-0.4, -0.2) is 38.3 Å². The van der Waals surface area contributed by atoms with Crippen LogP contribution in [0.1, 0.15) is 39.5 Å². The number of carbonyl (C=O) groups excluding carboxylic acids is 1. The second kappa shape index (κ2) is 8.48. The van der Waals surface area contributed by atoms with Gasteiger partial charge in [0.15, 0.2) is 0 Å². The standard InChI is InChI=1S/C13H26N2O2/c1-11(2)10-17-9-8-14-7-3-4-13(16)15-12-5-6-12/h11-12,14H,3-10H2,1-2H3,(H,15,16). The van der Waals surface area contributed by atoms with Crippen LogP contribution in [0.3, 0.4) is 0 Å². The van der Waals surface area contributed by atoms with Crippen LogP contribution in [-0.2, 0) is 9.53 Å². The van der Waals surface area contributed by atoms with Gasteiger partial charge in [-0.15, -0.1) is 0 Å². The van der Waals surface area contributed by atoms with Gasteiger partial charge in [-0.05, 0) is 31.7 Å². The van der Waals surface area contributed by atoms with Crippen LogP contribution in [0.4, 0.5) is 0 Å². The summed E-state index contributed by atoms with van der Waals surface area (Å²) in [6, 6.07) is 0.486. The Bertz CT molecular complexity index is 215. The Morgan fingerprint density at radius 2 is 2.12 bits per heavy atom. The van der Waals surface area contributed by atoms with Gasteiger partial charge in [0.1, 0.15) is 0 Å². The third-order valence-corrected chi connectivity index (χ3v) is 2.57. The fourth-order valence-corrected chi connectivity index (χ4v) is 1.49. The van der Waals surface area contributed by atoms with E-state index in [0.717, 1.165) is 45.6 Å². The molecule has 0 spiro atoms. The summed E-state index contributed by atoms with van der Waals surface area (Å²) in [5.74, 6) is 0.798. The highest BCUT2D eigenvalue weighted by molar-refractivity contribution is 5.76. The maximum absolute atomic E-state index is 11.3. The van der Waals surface area contributed by atoms with Crippen molar-refractivity contribution in [3.05, 3.63) is 0 Å². The maximum Gasteiger partial charge on any atom is 0.220 e. The van der Waals surface area contributed by atoms with E-state index in [1.807, 2.05) is 0 Å². The van der Waals surface area contributed by atoms with Crippen LogP contribution in [0, 0.1) is 5.92 Å². The quantitative estimate of drug-likeness (QED) is 0.568. The molecule has 0 bridgehead atoms. The van der Waals surface area contributed by atoms with Gasteiger partial charge >= 0.3 is 0 Å². The van der Waals surface area contributed by atoms with Crippen molar-refractivity contribution >= 4 is 5.91 Å². The van der Waals surface area contributed by atoms with Gasteiger partial charge in [0.05, 0.1) is 6.61 Å². The first kappa shape index (κ1) is 14.5. The molecule has 1 rings (SSSR count). The third kappa shape index (κ3) is 9.12. The molecule has 0 saturated heterocycles. The van der Waals surface area contributed by atoms with Crippen molar-refractivity contribution in [3.63, 3.8) is 0 Å². The molecule has 1 saturated carbocycles. The van der Waals surface area contributed by atoms with Gasteiger partial charge < -0.3 is 15.4 Å². The zero-order valence-corrected chi connectivity index (χ0v) is 11.1. The monoisotopic (exact) mass is 242 g/mol. The van der Waals surface area contributed by atoms with Crippen LogP contribution >= 0.6 is 0 Å². The fourth-order valence-electron chi connectivity index (χ4n) is 1.49. The van der Waals surface area contributed by atoms with E-state index in [9.17, 15) is 4.79 Å². The summed E-state index contributed by atoms with van der Waals surface area (Å²) < 4.78 is 5.44. The summed E-state index contributed by atoms with van der Waals surface area (Å²) in [6.07, 6.45) is 3.87. The molecule has 0 aromatic heterocycles. The van der Waals surface area contributed by atoms with Crippen molar-refractivity contribution in [1.82, 2.24) is 10.6 Å². The minimum Gasteiger partial charge on any atom is -0.380 e. The SMILES string of the molecule is CC(C)COCCNCCCC(=O)NC1CC1. The highest BCUT2D eigenvalue weighted by atomic mass is 16.5. The van der Waals surface area contributed by atoms with Gasteiger partial charge in [-0.25, -0.2) is 0 Å². The van der Waals surface area contributed by atoms with Crippen molar-refractivity contribution < 1.29 is 9.53 Å². The number of rotatable bonds is 10. The molecule has 1 fully saturated rings. The molecule has 17 heavy (non-hydrogen) atoms. The van der Waals surface area contributed by atoms with Crippen molar-refractivity contribution in [3.8, 4) is 0 Å². The Kier molecular flexibility index (Phi) is 7.21. The smallest absolute Gasteiger partial charge is 0.220 e. The summed E-state index contributed by atoms with van der Waals surface area (Å²) in [4.78, 5) is 11.3. The Hall–Kier alpha value is -0.610. The number of hydrogen-bond donors (Lipinski definition) is 2. The normalized spacial score (nSPS) is 15.2. The van der Waals surface area contributed by atoms with Gasteiger partial charge in [0.2, 0.25) is 5.91 Å². The average Bonchev–Trinajstić information content (AvgIpc) is 3.05. The Labute approximate surface area is 104 Å². The van der Waals surface area contributed by atoms with Gasteiger partial charge in [-0.1, -0.05) is 13.8 Å².